The van der Waals surface area contributed by atoms with Crippen molar-refractivity contribution < 1.29 is 9.52 Å². The molecular formula is C30H28N2O2P+. The van der Waals surface area contributed by atoms with Crippen LogP contribution in [0.5, 0.6) is 0 Å². The maximum absolute atomic E-state index is 9.77. The SMILES string of the molecule is CN(CCO)c1oc(-c2ccccc2)nc1[P+](c1ccccc1)(c1ccccc1)c1ccccc1. The molecule has 4 aromatic carbocycles. The molecule has 0 aliphatic rings. The molecule has 0 saturated carbocycles. The lowest BCUT2D eigenvalue weighted by atomic mass is 10.2. The Morgan fingerprint density at radius 3 is 1.54 bits per heavy atom. The number of likely N-dealkylation sites (N-methyl/N-ethyl adjacent to an activating group) is 1. The van der Waals surface area contributed by atoms with E-state index in [0.717, 1.165) is 11.0 Å². The first-order chi connectivity index (χ1) is 17.2. The van der Waals surface area contributed by atoms with Crippen molar-refractivity contribution >= 4 is 34.5 Å². The summed E-state index contributed by atoms with van der Waals surface area (Å²) in [4.78, 5) is 7.22. The van der Waals surface area contributed by atoms with Crippen LogP contribution in [-0.2, 0) is 0 Å². The molecule has 0 aliphatic carbocycles. The van der Waals surface area contributed by atoms with Gasteiger partial charge < -0.3 is 14.4 Å². The van der Waals surface area contributed by atoms with Crippen LogP contribution in [0, 0.1) is 0 Å². The Morgan fingerprint density at radius 1 is 0.686 bits per heavy atom. The van der Waals surface area contributed by atoms with Gasteiger partial charge in [-0.05, 0) is 48.5 Å². The first-order valence-corrected chi connectivity index (χ1v) is 13.5. The van der Waals surface area contributed by atoms with Gasteiger partial charge in [0.2, 0.25) is 5.89 Å². The van der Waals surface area contributed by atoms with Gasteiger partial charge in [0.05, 0.1) is 6.61 Å². The second-order valence-electron chi connectivity index (χ2n) is 8.34. The number of aliphatic hydroxyl groups excluding tert-OH is 1. The van der Waals surface area contributed by atoms with Gasteiger partial charge in [-0.25, -0.2) is 0 Å². The number of aliphatic hydroxyl groups is 1. The molecule has 5 aromatic rings. The number of oxazole rings is 1. The summed E-state index contributed by atoms with van der Waals surface area (Å²) in [6.07, 6.45) is 0. The number of nitrogens with zero attached hydrogens (tertiary/aromatic N) is 2. The third kappa shape index (κ3) is 4.27. The smallest absolute Gasteiger partial charge is 0.262 e. The Hall–Kier alpha value is -3.72. The Balaban J connectivity index is 1.90. The highest BCUT2D eigenvalue weighted by atomic mass is 31.2. The summed E-state index contributed by atoms with van der Waals surface area (Å²) < 4.78 is 6.52. The van der Waals surface area contributed by atoms with Gasteiger partial charge >= 0.3 is 0 Å². The lowest BCUT2D eigenvalue weighted by Crippen LogP contribution is -2.41. The molecule has 0 radical (unpaired) electrons. The number of hydrogen-bond acceptors (Lipinski definition) is 4. The zero-order valence-corrected chi connectivity index (χ0v) is 20.6. The largest absolute Gasteiger partial charge is 0.416 e. The van der Waals surface area contributed by atoms with E-state index in [1.165, 1.54) is 15.9 Å². The molecule has 0 unspecified atom stereocenters. The first-order valence-electron chi connectivity index (χ1n) is 11.7. The quantitative estimate of drug-likeness (QED) is 0.336. The van der Waals surface area contributed by atoms with E-state index in [0.29, 0.717) is 18.3 Å². The Kier molecular flexibility index (Phi) is 6.76. The van der Waals surface area contributed by atoms with Crippen LogP contribution in [0.1, 0.15) is 0 Å². The average molecular weight is 480 g/mol. The van der Waals surface area contributed by atoms with Gasteiger partial charge in [-0.3, -0.25) is 0 Å². The molecule has 0 spiro atoms. The molecule has 0 atom stereocenters. The summed E-state index contributed by atoms with van der Waals surface area (Å²) in [6, 6.07) is 41.8. The summed E-state index contributed by atoms with van der Waals surface area (Å²) in [5.41, 5.74) is 1.82. The van der Waals surface area contributed by atoms with Gasteiger partial charge in [0.25, 0.3) is 11.3 Å². The van der Waals surface area contributed by atoms with Crippen molar-refractivity contribution in [1.29, 1.82) is 0 Å². The first kappa shape index (κ1) is 23.0. The van der Waals surface area contributed by atoms with E-state index in [1.54, 1.807) is 0 Å². The number of rotatable bonds is 8. The van der Waals surface area contributed by atoms with Crippen molar-refractivity contribution in [2.45, 2.75) is 0 Å². The van der Waals surface area contributed by atoms with Crippen molar-refractivity contribution in [2.75, 3.05) is 25.1 Å². The molecule has 0 aliphatic heterocycles. The standard InChI is InChI=1S/C30H28N2O2P/c1-32(22-23-33)30-29(31-28(34-30)24-14-6-2-7-15-24)35(25-16-8-3-9-17-25,26-18-10-4-11-19-26)27-20-12-5-13-21-27/h2-21,33H,22-23H2,1H3/q+1. The summed E-state index contributed by atoms with van der Waals surface area (Å²) in [5.74, 6) is 1.26. The van der Waals surface area contributed by atoms with Crippen LogP contribution in [0.3, 0.4) is 0 Å². The van der Waals surface area contributed by atoms with Crippen LogP contribution in [0.15, 0.2) is 126 Å². The van der Waals surface area contributed by atoms with Crippen molar-refractivity contribution in [3.05, 3.63) is 121 Å². The summed E-state index contributed by atoms with van der Waals surface area (Å²) >= 11 is 0. The molecule has 1 aromatic heterocycles. The predicted molar refractivity (Wildman–Crippen MR) is 147 cm³/mol. The summed E-state index contributed by atoms with van der Waals surface area (Å²) in [6.45, 7) is 0.458. The fourth-order valence-corrected chi connectivity index (χ4v) is 8.73. The van der Waals surface area contributed by atoms with Crippen LogP contribution in [0.4, 0.5) is 5.88 Å². The Labute approximate surface area is 206 Å². The highest BCUT2D eigenvalue weighted by Gasteiger charge is 2.53. The molecule has 0 saturated heterocycles. The topological polar surface area (TPSA) is 49.5 Å². The molecule has 174 valence electrons. The van der Waals surface area contributed by atoms with Crippen molar-refractivity contribution in [1.82, 2.24) is 4.98 Å². The lowest BCUT2D eigenvalue weighted by molar-refractivity contribution is 0.302. The predicted octanol–water partition coefficient (Wildman–Crippen LogP) is 4.39. The second-order valence-corrected chi connectivity index (χ2v) is 11.7. The Bertz CT molecular complexity index is 1260. The van der Waals surface area contributed by atoms with Gasteiger partial charge in [0.1, 0.15) is 15.9 Å². The van der Waals surface area contributed by atoms with E-state index >= 15 is 0 Å². The van der Waals surface area contributed by atoms with Crippen LogP contribution in [-0.4, -0.2) is 30.3 Å². The second kappa shape index (κ2) is 10.3. The van der Waals surface area contributed by atoms with E-state index in [2.05, 4.69) is 72.8 Å². The molecule has 0 bridgehead atoms. The highest BCUT2D eigenvalue weighted by molar-refractivity contribution is 8.01. The summed E-state index contributed by atoms with van der Waals surface area (Å²) in [5, 5.41) is 13.4. The van der Waals surface area contributed by atoms with Crippen molar-refractivity contribution in [2.24, 2.45) is 0 Å². The van der Waals surface area contributed by atoms with E-state index in [1.807, 2.05) is 60.5 Å². The van der Waals surface area contributed by atoms with Gasteiger partial charge in [-0.1, -0.05) is 72.8 Å². The van der Waals surface area contributed by atoms with E-state index < -0.39 is 7.26 Å². The molecule has 0 fully saturated rings. The number of aromatic nitrogens is 1. The van der Waals surface area contributed by atoms with E-state index in [-0.39, 0.29) is 6.61 Å². The molecule has 35 heavy (non-hydrogen) atoms. The fourth-order valence-electron chi connectivity index (χ4n) is 4.50. The lowest BCUT2D eigenvalue weighted by Gasteiger charge is -2.27. The Morgan fingerprint density at radius 2 is 1.11 bits per heavy atom. The zero-order chi connectivity index (χ0) is 24.1. The minimum absolute atomic E-state index is 0.0186. The molecule has 1 heterocycles. The third-order valence-electron chi connectivity index (χ3n) is 6.14. The van der Waals surface area contributed by atoms with Crippen LogP contribution >= 0.6 is 7.26 Å². The van der Waals surface area contributed by atoms with Gasteiger partial charge in [-0.15, -0.1) is 0 Å². The molecule has 1 N–H and O–H groups in total. The van der Waals surface area contributed by atoms with Gasteiger partial charge in [0.15, 0.2) is 7.26 Å². The minimum atomic E-state index is -2.45. The van der Waals surface area contributed by atoms with Crippen LogP contribution in [0.25, 0.3) is 11.5 Å². The van der Waals surface area contributed by atoms with Crippen molar-refractivity contribution in [3.8, 4) is 11.5 Å². The highest BCUT2D eigenvalue weighted by Crippen LogP contribution is 2.56. The molecular weight excluding hydrogens is 451 g/mol. The third-order valence-corrected chi connectivity index (χ3v) is 10.3. The van der Waals surface area contributed by atoms with Crippen LogP contribution < -0.4 is 26.2 Å². The number of benzene rings is 4. The maximum Gasteiger partial charge on any atom is 0.262 e. The molecule has 4 nitrogen and oxygen atoms in total. The molecule has 0 amide bonds. The average Bonchev–Trinajstić information content (AvgIpc) is 3.38. The van der Waals surface area contributed by atoms with Gasteiger partial charge in [0, 0.05) is 19.2 Å². The molecule has 5 rings (SSSR count). The van der Waals surface area contributed by atoms with E-state index in [9.17, 15) is 5.11 Å². The van der Waals surface area contributed by atoms with Gasteiger partial charge in [-0.2, -0.15) is 4.98 Å². The fraction of sp³-hybridized carbons (Fsp3) is 0.100. The molecule has 5 heteroatoms. The maximum atomic E-state index is 9.77. The van der Waals surface area contributed by atoms with E-state index in [4.69, 9.17) is 9.40 Å². The normalized spacial score (nSPS) is 11.4. The zero-order valence-electron chi connectivity index (χ0n) is 19.7. The number of anilines is 1. The summed E-state index contributed by atoms with van der Waals surface area (Å²) in [7, 11) is -0.499. The number of hydrogen-bond donors (Lipinski definition) is 1. The minimum Gasteiger partial charge on any atom is -0.416 e. The van der Waals surface area contributed by atoms with Crippen LogP contribution in [0.2, 0.25) is 0 Å². The van der Waals surface area contributed by atoms with Crippen molar-refractivity contribution in [3.63, 3.8) is 0 Å². The monoisotopic (exact) mass is 479 g/mol.